The number of rotatable bonds is 9. The van der Waals surface area contributed by atoms with Gasteiger partial charge in [0.2, 0.25) is 0 Å². The normalized spacial score (nSPS) is 12.2. The van der Waals surface area contributed by atoms with Gasteiger partial charge in [0.15, 0.2) is 11.5 Å². The molecule has 0 aliphatic rings. The van der Waals surface area contributed by atoms with Gasteiger partial charge in [0.05, 0.1) is 14.2 Å². The third-order valence-corrected chi connectivity index (χ3v) is 3.87. The van der Waals surface area contributed by atoms with Gasteiger partial charge >= 0.3 is 0 Å². The van der Waals surface area contributed by atoms with E-state index in [1.807, 2.05) is 12.1 Å². The highest BCUT2D eigenvalue weighted by atomic mass is 32.2. The van der Waals surface area contributed by atoms with Crippen LogP contribution in [0.4, 0.5) is 0 Å². The summed E-state index contributed by atoms with van der Waals surface area (Å²) < 4.78 is 15.8. The molecule has 5 heteroatoms. The summed E-state index contributed by atoms with van der Waals surface area (Å²) >= 11 is 1.71. The quantitative estimate of drug-likeness (QED) is 0.710. The Labute approximate surface area is 126 Å². The van der Waals surface area contributed by atoms with E-state index in [1.54, 1.807) is 33.1 Å². The lowest BCUT2D eigenvalue weighted by molar-refractivity contribution is 0.158. The van der Waals surface area contributed by atoms with Crippen LogP contribution in [0.5, 0.6) is 11.5 Å². The van der Waals surface area contributed by atoms with Gasteiger partial charge in [0, 0.05) is 31.7 Å². The molecule has 4 nitrogen and oxygen atoms in total. The van der Waals surface area contributed by atoms with Gasteiger partial charge in [-0.3, -0.25) is 0 Å². The van der Waals surface area contributed by atoms with E-state index in [4.69, 9.17) is 14.2 Å². The molecule has 0 aliphatic heterocycles. The Kier molecular flexibility index (Phi) is 7.80. The van der Waals surface area contributed by atoms with Crippen LogP contribution in [0.15, 0.2) is 17.0 Å². The summed E-state index contributed by atoms with van der Waals surface area (Å²) in [6.45, 7) is 4.68. The van der Waals surface area contributed by atoms with E-state index in [0.717, 1.165) is 31.2 Å². The molecule has 0 radical (unpaired) electrons. The summed E-state index contributed by atoms with van der Waals surface area (Å²) in [7, 11) is 5.05. The fourth-order valence-electron chi connectivity index (χ4n) is 2.03. The minimum absolute atomic E-state index is 0.498. The zero-order valence-corrected chi connectivity index (χ0v) is 13.8. The first-order chi connectivity index (χ1) is 9.65. The first-order valence-electron chi connectivity index (χ1n) is 6.64. The lowest BCUT2D eigenvalue weighted by atomic mass is 10.1. The van der Waals surface area contributed by atoms with Crippen molar-refractivity contribution in [3.8, 4) is 11.5 Å². The molecule has 0 saturated heterocycles. The van der Waals surface area contributed by atoms with Crippen LogP contribution in [-0.4, -0.2) is 40.7 Å². The average Bonchev–Trinajstić information content (AvgIpc) is 2.46. The standard InChI is InChI=1S/C15H25NO3S/c1-11(10-17-2)8-16-9-12-6-13(18-3)14(19-4)7-15(12)20-5/h6-7,11,16H,8-10H2,1-5H3. The highest BCUT2D eigenvalue weighted by molar-refractivity contribution is 7.98. The molecular weight excluding hydrogens is 274 g/mol. The summed E-state index contributed by atoms with van der Waals surface area (Å²) in [6, 6.07) is 4.07. The van der Waals surface area contributed by atoms with Gasteiger partial charge in [0.25, 0.3) is 0 Å². The number of methoxy groups -OCH3 is 3. The van der Waals surface area contributed by atoms with Gasteiger partial charge in [-0.05, 0) is 29.9 Å². The molecule has 1 atom stereocenters. The lowest BCUT2D eigenvalue weighted by Crippen LogP contribution is -2.23. The van der Waals surface area contributed by atoms with Crippen molar-refractivity contribution < 1.29 is 14.2 Å². The smallest absolute Gasteiger partial charge is 0.161 e. The van der Waals surface area contributed by atoms with Crippen molar-refractivity contribution in [2.45, 2.75) is 18.4 Å². The van der Waals surface area contributed by atoms with Crippen LogP contribution in [0.25, 0.3) is 0 Å². The monoisotopic (exact) mass is 299 g/mol. The molecule has 114 valence electrons. The van der Waals surface area contributed by atoms with Crippen molar-refractivity contribution in [3.63, 3.8) is 0 Å². The number of benzene rings is 1. The highest BCUT2D eigenvalue weighted by Crippen LogP contribution is 2.34. The lowest BCUT2D eigenvalue weighted by Gasteiger charge is -2.16. The highest BCUT2D eigenvalue weighted by Gasteiger charge is 2.11. The van der Waals surface area contributed by atoms with Gasteiger partial charge in [-0.2, -0.15) is 0 Å². The number of hydrogen-bond acceptors (Lipinski definition) is 5. The largest absolute Gasteiger partial charge is 0.493 e. The summed E-state index contributed by atoms with van der Waals surface area (Å²) in [5, 5.41) is 3.46. The van der Waals surface area contributed by atoms with E-state index in [9.17, 15) is 0 Å². The molecule has 1 aromatic carbocycles. The second-order valence-electron chi connectivity index (χ2n) is 4.71. The Bertz CT molecular complexity index is 412. The van der Waals surface area contributed by atoms with Gasteiger partial charge in [-0.25, -0.2) is 0 Å². The zero-order valence-electron chi connectivity index (χ0n) is 13.0. The topological polar surface area (TPSA) is 39.7 Å². The molecule has 0 aliphatic carbocycles. The first-order valence-corrected chi connectivity index (χ1v) is 7.87. The summed E-state index contributed by atoms with van der Waals surface area (Å²) in [5.74, 6) is 2.04. The van der Waals surface area contributed by atoms with E-state index >= 15 is 0 Å². The minimum atomic E-state index is 0.498. The van der Waals surface area contributed by atoms with Gasteiger partial charge < -0.3 is 19.5 Å². The average molecular weight is 299 g/mol. The summed E-state index contributed by atoms with van der Waals surface area (Å²) in [5.41, 5.74) is 1.22. The third-order valence-electron chi connectivity index (χ3n) is 3.05. The van der Waals surface area contributed by atoms with Crippen LogP contribution in [0.1, 0.15) is 12.5 Å². The number of hydrogen-bond donors (Lipinski definition) is 1. The van der Waals surface area contributed by atoms with Crippen molar-refractivity contribution in [3.05, 3.63) is 17.7 Å². The fraction of sp³-hybridized carbons (Fsp3) is 0.600. The Morgan fingerprint density at radius 1 is 1.15 bits per heavy atom. The van der Waals surface area contributed by atoms with Crippen molar-refractivity contribution >= 4 is 11.8 Å². The van der Waals surface area contributed by atoms with E-state index in [1.165, 1.54) is 10.5 Å². The fourth-order valence-corrected chi connectivity index (χ4v) is 2.65. The zero-order chi connectivity index (χ0) is 15.0. The SMILES string of the molecule is COCC(C)CNCc1cc(OC)c(OC)cc1SC. The van der Waals surface area contributed by atoms with Crippen LogP contribution in [-0.2, 0) is 11.3 Å². The maximum absolute atomic E-state index is 5.36. The van der Waals surface area contributed by atoms with E-state index in [-0.39, 0.29) is 0 Å². The van der Waals surface area contributed by atoms with Crippen LogP contribution in [0.3, 0.4) is 0 Å². The molecule has 1 unspecified atom stereocenters. The Balaban J connectivity index is 2.73. The van der Waals surface area contributed by atoms with Crippen molar-refractivity contribution in [2.24, 2.45) is 5.92 Å². The van der Waals surface area contributed by atoms with Gasteiger partial charge in [-0.1, -0.05) is 6.92 Å². The predicted octanol–water partition coefficient (Wildman–Crippen LogP) is 2.80. The van der Waals surface area contributed by atoms with E-state index in [2.05, 4.69) is 18.5 Å². The van der Waals surface area contributed by atoms with E-state index < -0.39 is 0 Å². The molecule has 0 aromatic heterocycles. The molecule has 0 amide bonds. The molecular formula is C15H25NO3S. The van der Waals surface area contributed by atoms with Crippen LogP contribution < -0.4 is 14.8 Å². The summed E-state index contributed by atoms with van der Waals surface area (Å²) in [4.78, 5) is 1.20. The number of ether oxygens (including phenoxy) is 3. The maximum Gasteiger partial charge on any atom is 0.161 e. The molecule has 0 fully saturated rings. The molecule has 20 heavy (non-hydrogen) atoms. The Morgan fingerprint density at radius 3 is 2.35 bits per heavy atom. The van der Waals surface area contributed by atoms with Gasteiger partial charge in [-0.15, -0.1) is 11.8 Å². The van der Waals surface area contributed by atoms with Crippen LogP contribution >= 0.6 is 11.8 Å². The van der Waals surface area contributed by atoms with E-state index in [0.29, 0.717) is 5.92 Å². The molecule has 0 heterocycles. The number of thioether (sulfide) groups is 1. The molecule has 0 bridgehead atoms. The minimum Gasteiger partial charge on any atom is -0.493 e. The first kappa shape index (κ1) is 17.1. The number of nitrogens with one attached hydrogen (secondary N) is 1. The van der Waals surface area contributed by atoms with Crippen molar-refractivity contribution in [1.29, 1.82) is 0 Å². The van der Waals surface area contributed by atoms with Crippen LogP contribution in [0.2, 0.25) is 0 Å². The van der Waals surface area contributed by atoms with Gasteiger partial charge in [0.1, 0.15) is 0 Å². The third kappa shape index (κ3) is 4.89. The molecule has 1 rings (SSSR count). The second kappa shape index (κ2) is 9.10. The molecule has 1 aromatic rings. The molecule has 0 saturated carbocycles. The Hall–Kier alpha value is -0.910. The van der Waals surface area contributed by atoms with Crippen molar-refractivity contribution in [2.75, 3.05) is 40.7 Å². The molecule has 1 N–H and O–H groups in total. The predicted molar refractivity (Wildman–Crippen MR) is 84.1 cm³/mol. The summed E-state index contributed by atoms with van der Waals surface area (Å²) in [6.07, 6.45) is 2.07. The van der Waals surface area contributed by atoms with Crippen molar-refractivity contribution in [1.82, 2.24) is 5.32 Å². The van der Waals surface area contributed by atoms with Crippen LogP contribution in [0, 0.1) is 5.92 Å². The maximum atomic E-state index is 5.36. The molecule has 0 spiro atoms. The second-order valence-corrected chi connectivity index (χ2v) is 5.56. The Morgan fingerprint density at radius 2 is 1.80 bits per heavy atom.